The maximum atomic E-state index is 13.2. The summed E-state index contributed by atoms with van der Waals surface area (Å²) in [5.74, 6) is -1.49. The van der Waals surface area contributed by atoms with Crippen molar-refractivity contribution >= 4 is 48.5 Å². The molecule has 4 aromatic rings. The summed E-state index contributed by atoms with van der Waals surface area (Å²) >= 11 is 1.08. The lowest BCUT2D eigenvalue weighted by atomic mass is 9.95. The van der Waals surface area contributed by atoms with E-state index in [-0.39, 0.29) is 35.8 Å². The predicted octanol–water partition coefficient (Wildman–Crippen LogP) is 3.66. The number of hydrogen-bond acceptors (Lipinski definition) is 10. The van der Waals surface area contributed by atoms with Crippen molar-refractivity contribution in [1.29, 1.82) is 0 Å². The summed E-state index contributed by atoms with van der Waals surface area (Å²) in [6.45, 7) is 5.66. The molecule has 0 radical (unpaired) electrons. The van der Waals surface area contributed by atoms with Crippen LogP contribution in [-0.4, -0.2) is 74.3 Å². The van der Waals surface area contributed by atoms with Gasteiger partial charge in [-0.05, 0) is 42.3 Å². The fourth-order valence-electron chi connectivity index (χ4n) is 4.44. The molecule has 1 amide bonds. The summed E-state index contributed by atoms with van der Waals surface area (Å²) in [5, 5.41) is 21.2. The molecule has 2 unspecified atom stereocenters. The Balaban J connectivity index is 0.00000226. The number of alkyl halides is 3. The fraction of sp³-hybridized carbons (Fsp3) is 0.407. The first-order valence-electron chi connectivity index (χ1n) is 13.6. The largest absolute Gasteiger partial charge is 0.422 e. The third-order valence-corrected chi connectivity index (χ3v) is 9.74. The fourth-order valence-corrected chi connectivity index (χ4v) is 7.48. The Kier molecular flexibility index (Phi) is 10.4. The van der Waals surface area contributed by atoms with Crippen molar-refractivity contribution in [3.8, 4) is 11.1 Å². The van der Waals surface area contributed by atoms with Gasteiger partial charge in [-0.15, -0.1) is 21.5 Å². The monoisotopic (exact) mass is 688 g/mol. The molecule has 5 rings (SSSR count). The van der Waals surface area contributed by atoms with Crippen LogP contribution in [0.5, 0.6) is 0 Å². The van der Waals surface area contributed by atoms with Crippen molar-refractivity contribution in [3.63, 3.8) is 0 Å². The molecule has 1 fully saturated rings. The maximum Gasteiger partial charge on any atom is 0.390 e. The van der Waals surface area contributed by atoms with Gasteiger partial charge in [-0.3, -0.25) is 9.00 Å². The van der Waals surface area contributed by atoms with E-state index in [1.165, 1.54) is 0 Å². The summed E-state index contributed by atoms with van der Waals surface area (Å²) in [5.41, 5.74) is 1.48. The number of carbonyl (C=O) groups is 1. The second-order valence-corrected chi connectivity index (χ2v) is 14.3. The zero-order valence-corrected chi connectivity index (χ0v) is 26.8. The molecule has 1 saturated heterocycles. The van der Waals surface area contributed by atoms with Crippen molar-refractivity contribution < 1.29 is 40.1 Å². The average Bonchev–Trinajstić information content (AvgIpc) is 3.60. The number of thiazole rings is 1. The van der Waals surface area contributed by atoms with Crippen molar-refractivity contribution in [1.82, 2.24) is 24.8 Å². The number of amides is 1. The highest BCUT2D eigenvalue weighted by atomic mass is 32.2. The van der Waals surface area contributed by atoms with Crippen LogP contribution in [0.4, 0.5) is 13.2 Å². The second kappa shape index (κ2) is 13.6. The molecule has 4 N–H and O–H groups in total. The van der Waals surface area contributed by atoms with Crippen LogP contribution in [0, 0.1) is 0 Å². The van der Waals surface area contributed by atoms with E-state index >= 15 is 0 Å². The molecule has 0 bridgehead atoms. The van der Waals surface area contributed by atoms with Crippen molar-refractivity contribution in [3.05, 3.63) is 64.8 Å². The number of aromatic nitrogens is 3. The summed E-state index contributed by atoms with van der Waals surface area (Å²) < 4.78 is 82.4. The third kappa shape index (κ3) is 8.92. The lowest BCUT2D eigenvalue weighted by Gasteiger charge is -2.44. The Morgan fingerprint density at radius 1 is 1.20 bits per heavy atom. The minimum Gasteiger partial charge on any atom is -0.422 e. The van der Waals surface area contributed by atoms with Gasteiger partial charge in [-0.1, -0.05) is 32.0 Å². The van der Waals surface area contributed by atoms with Crippen LogP contribution in [0.15, 0.2) is 46.9 Å². The first-order valence-corrected chi connectivity index (χ1v) is 17.4. The van der Waals surface area contributed by atoms with E-state index in [1.54, 1.807) is 48.2 Å². The van der Waals surface area contributed by atoms with Crippen LogP contribution in [0.1, 0.15) is 59.6 Å². The first kappa shape index (κ1) is 34.6. The number of fused-ring (bicyclic) bond motifs is 1. The summed E-state index contributed by atoms with van der Waals surface area (Å²) in [7, 11) is -6.28. The molecular weight excluding hydrogens is 658 g/mol. The molecule has 2 aromatic carbocycles. The van der Waals surface area contributed by atoms with Gasteiger partial charge in [-0.25, -0.2) is 10.1 Å². The number of β-amino-alcohol motifs (C(OH)–C–C–N with tert-alkyl or cyclic N) is 1. The van der Waals surface area contributed by atoms with Crippen LogP contribution >= 0.6 is 11.3 Å². The van der Waals surface area contributed by atoms with E-state index in [4.69, 9.17) is 9.56 Å². The zero-order valence-electron chi connectivity index (χ0n) is 24.4. The number of rotatable bonds is 10. The molecule has 18 heteroatoms. The lowest BCUT2D eigenvalue weighted by molar-refractivity contribution is -0.129. The van der Waals surface area contributed by atoms with E-state index < -0.39 is 56.8 Å². The highest BCUT2D eigenvalue weighted by molar-refractivity contribution is 7.87. The molecular formula is C27H31F3N6O6S3. The normalized spacial score (nSPS) is 16.0. The molecule has 2 atom stereocenters. The molecule has 0 spiro atoms. The van der Waals surface area contributed by atoms with Gasteiger partial charge >= 0.3 is 6.18 Å². The smallest absolute Gasteiger partial charge is 0.390 e. The first-order chi connectivity index (χ1) is 21.1. The van der Waals surface area contributed by atoms with Crippen LogP contribution in [0.3, 0.4) is 0 Å². The second-order valence-electron chi connectivity index (χ2n) is 10.2. The van der Waals surface area contributed by atoms with Crippen LogP contribution in [-0.2, 0) is 27.6 Å². The third-order valence-electron chi connectivity index (χ3n) is 6.40. The average molecular weight is 689 g/mol. The van der Waals surface area contributed by atoms with Crippen LogP contribution in [0.2, 0.25) is 0 Å². The number of nitrogens with zero attached hydrogens (tertiary/aromatic N) is 4. The van der Waals surface area contributed by atoms with Crippen molar-refractivity contribution in [2.24, 2.45) is 5.14 Å². The number of hydrogen-bond donors (Lipinski definition) is 3. The SMILES string of the molecule is CC.CC1(O)CN(C(=O)c2cccc(-c3ccc4nc(C(c5nnc(CNS(N)(=O)=O)o5)S(=O)CCC(F)(F)F)sc4c3)c2)C1. The molecule has 2 aromatic heterocycles. The van der Waals surface area contributed by atoms with Crippen LogP contribution < -0.4 is 9.86 Å². The predicted molar refractivity (Wildman–Crippen MR) is 163 cm³/mol. The molecule has 1 aliphatic rings. The number of carbonyl (C=O) groups excluding carboxylic acids is 1. The van der Waals surface area contributed by atoms with Crippen molar-refractivity contribution in [2.45, 2.75) is 50.8 Å². The minimum atomic E-state index is -4.55. The molecule has 244 valence electrons. The molecule has 0 aliphatic carbocycles. The Morgan fingerprint density at radius 3 is 2.53 bits per heavy atom. The summed E-state index contributed by atoms with van der Waals surface area (Å²) in [4.78, 5) is 18.9. The van der Waals surface area contributed by atoms with E-state index in [1.807, 2.05) is 24.6 Å². The Labute approximate surface area is 263 Å². The van der Waals surface area contributed by atoms with Gasteiger partial charge in [0.1, 0.15) is 5.01 Å². The Bertz CT molecular complexity index is 1800. The van der Waals surface area contributed by atoms with Gasteiger partial charge in [0.25, 0.3) is 16.1 Å². The van der Waals surface area contributed by atoms with E-state index in [0.29, 0.717) is 15.8 Å². The Hall–Kier alpha value is -3.29. The summed E-state index contributed by atoms with van der Waals surface area (Å²) in [6.07, 6.45) is -5.87. The zero-order chi connectivity index (χ0) is 33.2. The quantitative estimate of drug-likeness (QED) is 0.224. The highest BCUT2D eigenvalue weighted by Gasteiger charge is 2.39. The molecule has 0 saturated carbocycles. The molecule has 3 heterocycles. The highest BCUT2D eigenvalue weighted by Crippen LogP contribution is 2.37. The minimum absolute atomic E-state index is 0.163. The maximum absolute atomic E-state index is 13.2. The van der Waals surface area contributed by atoms with Crippen LogP contribution in [0.25, 0.3) is 21.3 Å². The standard InChI is InChI=1S/C25H25F3N6O6S3.C2H6/c1-24(36)12-34(13-24)23(35)16-4-2-3-14(9-16)15-5-6-17-18(10-15)41-22(31-17)20(42(37)8-7-25(26,27)28)21-33-32-19(40-21)11-30-43(29,38)39;1-2/h2-6,9-10,20,30,36H,7-8,11-13H2,1H3,(H2,29,38,39);1-2H3. The van der Waals surface area contributed by atoms with Gasteiger partial charge in [0.05, 0.1) is 41.9 Å². The number of aliphatic hydroxyl groups is 1. The lowest BCUT2D eigenvalue weighted by Crippen LogP contribution is -2.61. The van der Waals surface area contributed by atoms with Gasteiger partial charge < -0.3 is 14.4 Å². The summed E-state index contributed by atoms with van der Waals surface area (Å²) in [6, 6.07) is 12.2. The van der Waals surface area contributed by atoms with E-state index in [2.05, 4.69) is 15.2 Å². The number of nitrogens with one attached hydrogen (secondary N) is 1. The number of likely N-dealkylation sites (tertiary alicyclic amines) is 1. The number of halogens is 3. The molecule has 45 heavy (non-hydrogen) atoms. The van der Waals surface area contributed by atoms with E-state index in [9.17, 15) is 35.7 Å². The van der Waals surface area contributed by atoms with Gasteiger partial charge in [-0.2, -0.15) is 26.3 Å². The topological polar surface area (TPSA) is 182 Å². The molecule has 1 aliphatic heterocycles. The number of nitrogens with two attached hydrogens (primary N) is 1. The van der Waals surface area contributed by atoms with Gasteiger partial charge in [0.15, 0.2) is 5.25 Å². The van der Waals surface area contributed by atoms with E-state index in [0.717, 1.165) is 22.5 Å². The van der Waals surface area contributed by atoms with Gasteiger partial charge in [0, 0.05) is 22.1 Å². The van der Waals surface area contributed by atoms with Crippen molar-refractivity contribution in [2.75, 3.05) is 18.8 Å². The number of benzene rings is 2. The van der Waals surface area contributed by atoms with Gasteiger partial charge in [0.2, 0.25) is 11.8 Å². The molecule has 12 nitrogen and oxygen atoms in total. The Morgan fingerprint density at radius 2 is 1.89 bits per heavy atom.